The quantitative estimate of drug-likeness (QED) is 0.848. The van der Waals surface area contributed by atoms with Gasteiger partial charge in [0.25, 0.3) is 0 Å². The highest BCUT2D eigenvalue weighted by molar-refractivity contribution is 5.43. The first-order valence-electron chi connectivity index (χ1n) is 6.63. The highest BCUT2D eigenvalue weighted by atomic mass is 16.5. The van der Waals surface area contributed by atoms with Gasteiger partial charge in [0.15, 0.2) is 0 Å². The molecular formula is C15H23NO. The lowest BCUT2D eigenvalue weighted by atomic mass is 9.86. The summed E-state index contributed by atoms with van der Waals surface area (Å²) in [4.78, 5) is 0. The highest BCUT2D eigenvalue weighted by Crippen LogP contribution is 2.30. The van der Waals surface area contributed by atoms with Crippen molar-refractivity contribution in [3.8, 4) is 5.75 Å². The smallest absolute Gasteiger partial charge is 0.125 e. The number of hydrogen-bond donors (Lipinski definition) is 1. The zero-order valence-electron chi connectivity index (χ0n) is 11.0. The van der Waals surface area contributed by atoms with Crippen molar-refractivity contribution in [2.45, 2.75) is 39.5 Å². The molecule has 2 rings (SSSR count). The molecule has 94 valence electrons. The molecule has 0 aromatic heterocycles. The molecule has 0 atom stereocenters. The summed E-state index contributed by atoms with van der Waals surface area (Å²) >= 11 is 0. The van der Waals surface area contributed by atoms with Crippen LogP contribution in [-0.2, 0) is 6.42 Å². The van der Waals surface area contributed by atoms with Gasteiger partial charge in [-0.15, -0.1) is 0 Å². The van der Waals surface area contributed by atoms with Crippen molar-refractivity contribution in [1.29, 1.82) is 0 Å². The van der Waals surface area contributed by atoms with E-state index in [9.17, 15) is 0 Å². The van der Waals surface area contributed by atoms with E-state index in [0.29, 0.717) is 6.54 Å². The Kier molecular flexibility index (Phi) is 4.06. The molecule has 1 aliphatic rings. The first-order valence-corrected chi connectivity index (χ1v) is 6.63. The van der Waals surface area contributed by atoms with E-state index in [4.69, 9.17) is 10.5 Å². The lowest BCUT2D eigenvalue weighted by Crippen LogP contribution is -2.19. The van der Waals surface area contributed by atoms with Gasteiger partial charge in [-0.1, -0.05) is 18.6 Å². The van der Waals surface area contributed by atoms with E-state index in [1.54, 1.807) is 0 Å². The van der Waals surface area contributed by atoms with Crippen LogP contribution in [0.5, 0.6) is 5.75 Å². The SMILES string of the molecule is Cc1cc(CCN)cc(C)c1OCC1CCC1. The van der Waals surface area contributed by atoms with Crippen molar-refractivity contribution in [2.24, 2.45) is 11.7 Å². The van der Waals surface area contributed by atoms with Crippen molar-refractivity contribution in [1.82, 2.24) is 0 Å². The summed E-state index contributed by atoms with van der Waals surface area (Å²) in [5.41, 5.74) is 9.40. The molecule has 0 heterocycles. The standard InChI is InChI=1S/C15H23NO/c1-11-8-14(6-7-16)9-12(2)15(11)17-10-13-4-3-5-13/h8-9,13H,3-7,10,16H2,1-2H3. The van der Waals surface area contributed by atoms with E-state index < -0.39 is 0 Å². The van der Waals surface area contributed by atoms with Crippen LogP contribution in [0.2, 0.25) is 0 Å². The molecule has 2 heteroatoms. The zero-order valence-corrected chi connectivity index (χ0v) is 11.0. The van der Waals surface area contributed by atoms with Gasteiger partial charge in [-0.3, -0.25) is 0 Å². The number of benzene rings is 1. The van der Waals surface area contributed by atoms with E-state index in [1.165, 1.54) is 36.0 Å². The Bertz CT molecular complexity index is 360. The first-order chi connectivity index (χ1) is 8.20. The summed E-state index contributed by atoms with van der Waals surface area (Å²) in [6.45, 7) is 5.85. The summed E-state index contributed by atoms with van der Waals surface area (Å²) in [7, 11) is 0. The monoisotopic (exact) mass is 233 g/mol. The third kappa shape index (κ3) is 3.01. The lowest BCUT2D eigenvalue weighted by Gasteiger charge is -2.26. The molecule has 0 saturated heterocycles. The summed E-state index contributed by atoms with van der Waals surface area (Å²) < 4.78 is 5.97. The van der Waals surface area contributed by atoms with Crippen molar-refractivity contribution in [3.63, 3.8) is 0 Å². The maximum atomic E-state index is 5.97. The Morgan fingerprint density at radius 2 is 1.88 bits per heavy atom. The predicted molar refractivity (Wildman–Crippen MR) is 71.5 cm³/mol. The fraction of sp³-hybridized carbons (Fsp3) is 0.600. The Morgan fingerprint density at radius 1 is 1.24 bits per heavy atom. The molecule has 17 heavy (non-hydrogen) atoms. The molecule has 1 aromatic carbocycles. The van der Waals surface area contributed by atoms with E-state index >= 15 is 0 Å². The van der Waals surface area contributed by atoms with Gasteiger partial charge in [-0.25, -0.2) is 0 Å². The molecule has 1 aromatic rings. The number of ether oxygens (including phenoxy) is 1. The molecule has 0 amide bonds. The van der Waals surface area contributed by atoms with Crippen LogP contribution in [0, 0.1) is 19.8 Å². The fourth-order valence-corrected chi connectivity index (χ4v) is 2.44. The second kappa shape index (κ2) is 5.54. The third-order valence-electron chi connectivity index (χ3n) is 3.64. The number of hydrogen-bond acceptors (Lipinski definition) is 2. The van der Waals surface area contributed by atoms with Gasteiger partial charge in [0.05, 0.1) is 6.61 Å². The summed E-state index contributed by atoms with van der Waals surface area (Å²) in [5, 5.41) is 0. The van der Waals surface area contributed by atoms with Gasteiger partial charge in [-0.2, -0.15) is 0 Å². The molecule has 0 radical (unpaired) electrons. The second-order valence-electron chi connectivity index (χ2n) is 5.21. The average molecular weight is 233 g/mol. The van der Waals surface area contributed by atoms with Crippen LogP contribution in [0.4, 0.5) is 0 Å². The summed E-state index contributed by atoms with van der Waals surface area (Å²) in [6.07, 6.45) is 5.00. The fourth-order valence-electron chi connectivity index (χ4n) is 2.44. The minimum Gasteiger partial charge on any atom is -0.493 e. The van der Waals surface area contributed by atoms with Crippen LogP contribution in [-0.4, -0.2) is 13.2 Å². The van der Waals surface area contributed by atoms with Crippen LogP contribution in [0.3, 0.4) is 0 Å². The van der Waals surface area contributed by atoms with Gasteiger partial charge >= 0.3 is 0 Å². The van der Waals surface area contributed by atoms with Crippen molar-refractivity contribution >= 4 is 0 Å². The highest BCUT2D eigenvalue weighted by Gasteiger charge is 2.18. The molecule has 0 unspecified atom stereocenters. The Hall–Kier alpha value is -1.02. The normalized spacial score (nSPS) is 15.7. The van der Waals surface area contributed by atoms with Gasteiger partial charge in [-0.05, 0) is 62.3 Å². The number of nitrogens with two attached hydrogens (primary N) is 1. The molecule has 1 fully saturated rings. The minimum atomic E-state index is 0.709. The predicted octanol–water partition coefficient (Wildman–Crippen LogP) is 2.98. The maximum absolute atomic E-state index is 5.97. The third-order valence-corrected chi connectivity index (χ3v) is 3.64. The molecule has 1 saturated carbocycles. The van der Waals surface area contributed by atoms with E-state index in [-0.39, 0.29) is 0 Å². The minimum absolute atomic E-state index is 0.709. The van der Waals surface area contributed by atoms with Crippen LogP contribution in [0.15, 0.2) is 12.1 Å². The Morgan fingerprint density at radius 3 is 2.35 bits per heavy atom. The number of rotatable bonds is 5. The first kappa shape index (κ1) is 12.4. The summed E-state index contributed by atoms with van der Waals surface area (Å²) in [6, 6.07) is 4.41. The maximum Gasteiger partial charge on any atom is 0.125 e. The average Bonchev–Trinajstić information content (AvgIpc) is 2.20. The Balaban J connectivity index is 2.04. The van der Waals surface area contributed by atoms with Gasteiger partial charge < -0.3 is 10.5 Å². The van der Waals surface area contributed by atoms with Crippen LogP contribution in [0.25, 0.3) is 0 Å². The van der Waals surface area contributed by atoms with Gasteiger partial charge in [0.2, 0.25) is 0 Å². The molecule has 0 aliphatic heterocycles. The molecule has 2 N–H and O–H groups in total. The van der Waals surface area contributed by atoms with E-state index in [2.05, 4.69) is 26.0 Å². The lowest BCUT2D eigenvalue weighted by molar-refractivity contribution is 0.179. The largest absolute Gasteiger partial charge is 0.493 e. The molecule has 1 aliphatic carbocycles. The second-order valence-corrected chi connectivity index (χ2v) is 5.21. The van der Waals surface area contributed by atoms with Crippen molar-refractivity contribution < 1.29 is 4.74 Å². The molecule has 0 bridgehead atoms. The zero-order chi connectivity index (χ0) is 12.3. The molecule has 2 nitrogen and oxygen atoms in total. The van der Waals surface area contributed by atoms with E-state index in [0.717, 1.165) is 24.7 Å². The van der Waals surface area contributed by atoms with E-state index in [1.807, 2.05) is 0 Å². The van der Waals surface area contributed by atoms with Gasteiger partial charge in [0, 0.05) is 0 Å². The van der Waals surface area contributed by atoms with Gasteiger partial charge in [0.1, 0.15) is 5.75 Å². The summed E-state index contributed by atoms with van der Waals surface area (Å²) in [5.74, 6) is 1.87. The van der Waals surface area contributed by atoms with Crippen LogP contribution >= 0.6 is 0 Å². The molecular weight excluding hydrogens is 210 g/mol. The Labute approximate surface area is 104 Å². The van der Waals surface area contributed by atoms with Crippen molar-refractivity contribution in [3.05, 3.63) is 28.8 Å². The number of aryl methyl sites for hydroxylation is 2. The van der Waals surface area contributed by atoms with Crippen LogP contribution in [0.1, 0.15) is 36.0 Å². The topological polar surface area (TPSA) is 35.2 Å². The van der Waals surface area contributed by atoms with Crippen molar-refractivity contribution in [2.75, 3.05) is 13.2 Å². The van der Waals surface area contributed by atoms with Crippen LogP contribution < -0.4 is 10.5 Å². The molecule has 0 spiro atoms.